The van der Waals surface area contributed by atoms with Crippen LogP contribution < -0.4 is 10.1 Å². The molecule has 5 nitrogen and oxygen atoms in total. The van der Waals surface area contributed by atoms with Gasteiger partial charge < -0.3 is 15.0 Å². The first-order valence-electron chi connectivity index (χ1n) is 8.71. The summed E-state index contributed by atoms with van der Waals surface area (Å²) in [5.41, 5.74) is 1.88. The molecule has 2 aliphatic heterocycles. The van der Waals surface area contributed by atoms with E-state index in [0.717, 1.165) is 36.5 Å². The highest BCUT2D eigenvalue weighted by Gasteiger charge is 2.31. The normalized spacial score (nSPS) is 21.7. The molecule has 2 amide bonds. The molecule has 0 aliphatic carbocycles. The Morgan fingerprint density at radius 2 is 2.09 bits per heavy atom. The quantitative estimate of drug-likeness (QED) is 0.928. The molecular formula is C18H27N3O2. The van der Waals surface area contributed by atoms with Gasteiger partial charge >= 0.3 is 6.03 Å². The van der Waals surface area contributed by atoms with Crippen LogP contribution in [0.4, 0.5) is 10.5 Å². The fourth-order valence-corrected chi connectivity index (χ4v) is 3.58. The van der Waals surface area contributed by atoms with Gasteiger partial charge in [0.15, 0.2) is 0 Å². The summed E-state index contributed by atoms with van der Waals surface area (Å²) >= 11 is 0. The van der Waals surface area contributed by atoms with Crippen molar-refractivity contribution in [1.29, 1.82) is 0 Å². The lowest BCUT2D eigenvalue weighted by Gasteiger charge is -2.23. The summed E-state index contributed by atoms with van der Waals surface area (Å²) in [4.78, 5) is 16.9. The molecule has 1 aromatic carbocycles. The minimum Gasteiger partial charge on any atom is -0.494 e. The van der Waals surface area contributed by atoms with E-state index in [9.17, 15) is 4.79 Å². The minimum atomic E-state index is 0.00950. The van der Waals surface area contributed by atoms with Gasteiger partial charge in [-0.2, -0.15) is 0 Å². The number of benzene rings is 1. The van der Waals surface area contributed by atoms with E-state index in [-0.39, 0.29) is 6.03 Å². The van der Waals surface area contributed by atoms with Gasteiger partial charge in [0, 0.05) is 24.8 Å². The van der Waals surface area contributed by atoms with Gasteiger partial charge in [-0.15, -0.1) is 0 Å². The zero-order chi connectivity index (χ0) is 16.2. The number of rotatable bonds is 4. The Balaban J connectivity index is 1.56. The Morgan fingerprint density at radius 1 is 1.30 bits per heavy atom. The van der Waals surface area contributed by atoms with E-state index in [1.807, 2.05) is 36.9 Å². The number of hydrogen-bond acceptors (Lipinski definition) is 3. The highest BCUT2D eigenvalue weighted by molar-refractivity contribution is 5.89. The van der Waals surface area contributed by atoms with Crippen molar-refractivity contribution in [3.05, 3.63) is 23.8 Å². The van der Waals surface area contributed by atoms with Crippen LogP contribution in [0, 0.1) is 6.92 Å². The summed E-state index contributed by atoms with van der Waals surface area (Å²) in [7, 11) is 0. The first-order chi connectivity index (χ1) is 11.2. The number of anilines is 1. The van der Waals surface area contributed by atoms with Gasteiger partial charge in [-0.05, 0) is 70.0 Å². The predicted molar refractivity (Wildman–Crippen MR) is 92.2 cm³/mol. The zero-order valence-electron chi connectivity index (χ0n) is 14.2. The SMILES string of the molecule is CCOc1ccc(NC(=O)N2CC[C@@H](N3CCCC3)C2)cc1C. The first-order valence-corrected chi connectivity index (χ1v) is 8.71. The molecular weight excluding hydrogens is 290 g/mol. The van der Waals surface area contributed by atoms with Crippen LogP contribution in [-0.2, 0) is 0 Å². The summed E-state index contributed by atoms with van der Waals surface area (Å²) < 4.78 is 5.54. The van der Waals surface area contributed by atoms with Gasteiger partial charge in [0.25, 0.3) is 0 Å². The molecule has 2 saturated heterocycles. The van der Waals surface area contributed by atoms with Crippen molar-refractivity contribution in [2.75, 3.05) is 38.1 Å². The average Bonchev–Trinajstić information content (AvgIpc) is 3.20. The van der Waals surface area contributed by atoms with E-state index in [1.165, 1.54) is 25.9 Å². The third-order valence-electron chi connectivity index (χ3n) is 4.83. The molecule has 0 unspecified atom stereocenters. The summed E-state index contributed by atoms with van der Waals surface area (Å²) in [6.07, 6.45) is 3.69. The van der Waals surface area contributed by atoms with E-state index in [2.05, 4.69) is 10.2 Å². The Hall–Kier alpha value is -1.75. The van der Waals surface area contributed by atoms with Gasteiger partial charge in [-0.25, -0.2) is 4.79 Å². The molecule has 5 heteroatoms. The molecule has 2 heterocycles. The Kier molecular flexibility index (Phi) is 5.06. The Morgan fingerprint density at radius 3 is 2.78 bits per heavy atom. The lowest BCUT2D eigenvalue weighted by Crippen LogP contribution is -2.38. The monoisotopic (exact) mass is 317 g/mol. The minimum absolute atomic E-state index is 0.00950. The van der Waals surface area contributed by atoms with Crippen molar-refractivity contribution >= 4 is 11.7 Å². The van der Waals surface area contributed by atoms with E-state index in [4.69, 9.17) is 4.74 Å². The van der Waals surface area contributed by atoms with Crippen LogP contribution in [-0.4, -0.2) is 54.7 Å². The number of nitrogens with zero attached hydrogens (tertiary/aromatic N) is 2. The second kappa shape index (κ2) is 7.21. The highest BCUT2D eigenvalue weighted by atomic mass is 16.5. The van der Waals surface area contributed by atoms with Crippen LogP contribution in [0.1, 0.15) is 31.7 Å². The molecule has 1 aromatic rings. The molecule has 0 radical (unpaired) electrons. The first kappa shape index (κ1) is 16.1. The van der Waals surface area contributed by atoms with Crippen LogP contribution in [0.5, 0.6) is 5.75 Å². The van der Waals surface area contributed by atoms with Crippen LogP contribution >= 0.6 is 0 Å². The topological polar surface area (TPSA) is 44.8 Å². The number of urea groups is 1. The van der Waals surface area contributed by atoms with Crippen molar-refractivity contribution < 1.29 is 9.53 Å². The number of ether oxygens (including phenoxy) is 1. The van der Waals surface area contributed by atoms with Gasteiger partial charge in [-0.1, -0.05) is 0 Å². The zero-order valence-corrected chi connectivity index (χ0v) is 14.2. The second-order valence-corrected chi connectivity index (χ2v) is 6.48. The van der Waals surface area contributed by atoms with E-state index >= 15 is 0 Å². The fourth-order valence-electron chi connectivity index (χ4n) is 3.58. The van der Waals surface area contributed by atoms with Crippen LogP contribution in [0.2, 0.25) is 0 Å². The predicted octanol–water partition coefficient (Wildman–Crippen LogP) is 3.10. The maximum absolute atomic E-state index is 12.5. The largest absolute Gasteiger partial charge is 0.494 e. The van der Waals surface area contributed by atoms with Crippen LogP contribution in [0.25, 0.3) is 0 Å². The molecule has 1 N–H and O–H groups in total. The van der Waals surface area contributed by atoms with Gasteiger partial charge in [0.05, 0.1) is 6.61 Å². The summed E-state index contributed by atoms with van der Waals surface area (Å²) in [6.45, 7) is 8.71. The maximum Gasteiger partial charge on any atom is 0.321 e. The lowest BCUT2D eigenvalue weighted by atomic mass is 10.2. The number of nitrogens with one attached hydrogen (secondary N) is 1. The number of aryl methyl sites for hydroxylation is 1. The third kappa shape index (κ3) is 3.78. The molecule has 3 rings (SSSR count). The average molecular weight is 317 g/mol. The standard InChI is InChI=1S/C18H27N3O2/c1-3-23-17-7-6-15(12-14(17)2)19-18(22)21-11-8-16(13-21)20-9-4-5-10-20/h6-7,12,16H,3-5,8-11,13H2,1-2H3,(H,19,22)/t16-/m1/s1. The van der Waals surface area contributed by atoms with Gasteiger partial charge in [0.2, 0.25) is 0 Å². The van der Waals surface area contributed by atoms with E-state index < -0.39 is 0 Å². The van der Waals surface area contributed by atoms with Crippen molar-refractivity contribution in [3.8, 4) is 5.75 Å². The van der Waals surface area contributed by atoms with Crippen molar-refractivity contribution in [1.82, 2.24) is 9.80 Å². The Bertz CT molecular complexity index is 555. The summed E-state index contributed by atoms with van der Waals surface area (Å²) in [5.74, 6) is 0.876. The van der Waals surface area contributed by atoms with Crippen molar-refractivity contribution in [3.63, 3.8) is 0 Å². The van der Waals surface area contributed by atoms with Crippen molar-refractivity contribution in [2.24, 2.45) is 0 Å². The number of carbonyl (C=O) groups is 1. The van der Waals surface area contributed by atoms with E-state index in [0.29, 0.717) is 12.6 Å². The molecule has 1 atom stereocenters. The number of amides is 2. The smallest absolute Gasteiger partial charge is 0.321 e. The Labute approximate surface area is 138 Å². The van der Waals surface area contributed by atoms with Crippen LogP contribution in [0.3, 0.4) is 0 Å². The van der Waals surface area contributed by atoms with Crippen molar-refractivity contribution in [2.45, 2.75) is 39.2 Å². The van der Waals surface area contributed by atoms with Gasteiger partial charge in [-0.3, -0.25) is 4.90 Å². The maximum atomic E-state index is 12.5. The number of hydrogen-bond donors (Lipinski definition) is 1. The molecule has 0 spiro atoms. The molecule has 0 bridgehead atoms. The summed E-state index contributed by atoms with van der Waals surface area (Å²) in [6, 6.07) is 6.35. The second-order valence-electron chi connectivity index (χ2n) is 6.48. The molecule has 2 aliphatic rings. The molecule has 0 aromatic heterocycles. The molecule has 0 saturated carbocycles. The highest BCUT2D eigenvalue weighted by Crippen LogP contribution is 2.24. The molecule has 23 heavy (non-hydrogen) atoms. The fraction of sp³-hybridized carbons (Fsp3) is 0.611. The van der Waals surface area contributed by atoms with Crippen LogP contribution in [0.15, 0.2) is 18.2 Å². The lowest BCUT2D eigenvalue weighted by molar-refractivity contribution is 0.210. The molecule has 2 fully saturated rings. The molecule has 126 valence electrons. The number of likely N-dealkylation sites (tertiary alicyclic amines) is 2. The van der Waals surface area contributed by atoms with Gasteiger partial charge in [0.1, 0.15) is 5.75 Å². The summed E-state index contributed by atoms with van der Waals surface area (Å²) in [5, 5.41) is 3.02. The number of carbonyl (C=O) groups excluding carboxylic acids is 1. The van der Waals surface area contributed by atoms with E-state index in [1.54, 1.807) is 0 Å². The third-order valence-corrected chi connectivity index (χ3v) is 4.83.